The van der Waals surface area contributed by atoms with Crippen molar-refractivity contribution in [1.29, 1.82) is 5.26 Å². The zero-order valence-electron chi connectivity index (χ0n) is 11.8. The highest BCUT2D eigenvalue weighted by molar-refractivity contribution is 5.88. The number of carbonyl (C=O) groups excluding carboxylic acids is 1. The van der Waals surface area contributed by atoms with Crippen molar-refractivity contribution < 1.29 is 4.79 Å². The topological polar surface area (TPSA) is 90.7 Å². The number of anilines is 2. The Bertz CT molecular complexity index is 692. The molecular weight excluding hydrogens is 266 g/mol. The normalized spacial score (nSPS) is 11.3. The summed E-state index contributed by atoms with van der Waals surface area (Å²) in [5, 5.41) is 14.7. The number of amides is 1. The van der Waals surface area contributed by atoms with Crippen molar-refractivity contribution >= 4 is 17.5 Å². The molecule has 2 N–H and O–H groups in total. The minimum absolute atomic E-state index is 0.0624. The van der Waals surface area contributed by atoms with Gasteiger partial charge in [-0.05, 0) is 30.7 Å². The molecule has 0 aliphatic rings. The van der Waals surface area contributed by atoms with Crippen LogP contribution >= 0.6 is 0 Å². The Morgan fingerprint density at radius 3 is 2.90 bits per heavy atom. The first-order chi connectivity index (χ1) is 10.1. The lowest BCUT2D eigenvalue weighted by Crippen LogP contribution is -2.11. The second-order valence-corrected chi connectivity index (χ2v) is 4.55. The summed E-state index contributed by atoms with van der Waals surface area (Å²) in [6, 6.07) is 11.0. The Morgan fingerprint density at radius 1 is 1.38 bits per heavy atom. The number of aromatic nitrogens is 2. The third kappa shape index (κ3) is 4.01. The van der Waals surface area contributed by atoms with E-state index in [-0.39, 0.29) is 11.9 Å². The minimum Gasteiger partial charge on any atom is -0.348 e. The van der Waals surface area contributed by atoms with Gasteiger partial charge in [-0.25, -0.2) is 9.97 Å². The van der Waals surface area contributed by atoms with E-state index < -0.39 is 0 Å². The summed E-state index contributed by atoms with van der Waals surface area (Å²) in [6.45, 7) is 3.42. The van der Waals surface area contributed by atoms with Gasteiger partial charge >= 0.3 is 0 Å². The molecule has 0 radical (unpaired) electrons. The lowest BCUT2D eigenvalue weighted by Gasteiger charge is -2.15. The maximum atomic E-state index is 11.1. The SMILES string of the molecule is CC(=O)Nc1cccc(C(C)Nc2nccc(C#N)n2)c1. The van der Waals surface area contributed by atoms with Crippen LogP contribution in [0.15, 0.2) is 36.5 Å². The van der Waals surface area contributed by atoms with Crippen molar-refractivity contribution in [1.82, 2.24) is 9.97 Å². The van der Waals surface area contributed by atoms with Crippen molar-refractivity contribution in [3.8, 4) is 6.07 Å². The van der Waals surface area contributed by atoms with Crippen LogP contribution in [-0.2, 0) is 4.79 Å². The van der Waals surface area contributed by atoms with Crippen LogP contribution in [0.2, 0.25) is 0 Å². The van der Waals surface area contributed by atoms with Gasteiger partial charge in [0.25, 0.3) is 0 Å². The first kappa shape index (κ1) is 14.5. The first-order valence-corrected chi connectivity index (χ1v) is 6.45. The van der Waals surface area contributed by atoms with E-state index in [0.29, 0.717) is 11.6 Å². The standard InChI is InChI=1S/C15H15N5O/c1-10(18-15-17-7-6-14(9-16)20-15)12-4-3-5-13(8-12)19-11(2)21/h3-8,10H,1-2H3,(H,19,21)(H,17,18,20). The molecule has 21 heavy (non-hydrogen) atoms. The van der Waals surface area contributed by atoms with Gasteiger partial charge in [0.15, 0.2) is 0 Å². The van der Waals surface area contributed by atoms with E-state index in [1.54, 1.807) is 6.07 Å². The molecular formula is C15H15N5O. The summed E-state index contributed by atoms with van der Waals surface area (Å²) in [5.74, 6) is 0.282. The second kappa shape index (κ2) is 6.48. The van der Waals surface area contributed by atoms with Gasteiger partial charge in [0.2, 0.25) is 11.9 Å². The molecule has 6 heteroatoms. The van der Waals surface area contributed by atoms with Gasteiger partial charge in [-0.2, -0.15) is 5.26 Å². The highest BCUT2D eigenvalue weighted by atomic mass is 16.1. The molecule has 2 aromatic rings. The quantitative estimate of drug-likeness (QED) is 0.898. The fraction of sp³-hybridized carbons (Fsp3) is 0.200. The third-order valence-electron chi connectivity index (χ3n) is 2.82. The van der Waals surface area contributed by atoms with Crippen LogP contribution in [0.1, 0.15) is 31.1 Å². The number of carbonyl (C=O) groups is 1. The predicted molar refractivity (Wildman–Crippen MR) is 79.5 cm³/mol. The Morgan fingerprint density at radius 2 is 2.19 bits per heavy atom. The fourth-order valence-electron chi connectivity index (χ4n) is 1.86. The summed E-state index contributed by atoms with van der Waals surface area (Å²) in [5.41, 5.74) is 2.03. The number of nitrogens with one attached hydrogen (secondary N) is 2. The molecule has 1 aromatic heterocycles. The van der Waals surface area contributed by atoms with Gasteiger partial charge < -0.3 is 10.6 Å². The van der Waals surface area contributed by atoms with Gasteiger partial charge in [-0.15, -0.1) is 0 Å². The largest absolute Gasteiger partial charge is 0.348 e. The van der Waals surface area contributed by atoms with E-state index in [4.69, 9.17) is 5.26 Å². The van der Waals surface area contributed by atoms with Crippen LogP contribution in [-0.4, -0.2) is 15.9 Å². The van der Waals surface area contributed by atoms with Crippen molar-refractivity contribution in [3.63, 3.8) is 0 Å². The summed E-state index contributed by atoms with van der Waals surface area (Å²) in [7, 11) is 0. The number of hydrogen-bond acceptors (Lipinski definition) is 5. The molecule has 1 unspecified atom stereocenters. The lowest BCUT2D eigenvalue weighted by molar-refractivity contribution is -0.114. The molecule has 106 valence electrons. The van der Waals surface area contributed by atoms with Gasteiger partial charge in [-0.1, -0.05) is 12.1 Å². The Kier molecular flexibility index (Phi) is 4.46. The monoisotopic (exact) mass is 281 g/mol. The average Bonchev–Trinajstić information content (AvgIpc) is 2.47. The molecule has 0 saturated heterocycles. The molecule has 0 spiro atoms. The van der Waals surface area contributed by atoms with E-state index in [0.717, 1.165) is 11.3 Å². The van der Waals surface area contributed by atoms with Crippen molar-refractivity contribution in [2.45, 2.75) is 19.9 Å². The Labute approximate surface area is 122 Å². The first-order valence-electron chi connectivity index (χ1n) is 6.45. The minimum atomic E-state index is -0.113. The van der Waals surface area contributed by atoms with Crippen molar-refractivity contribution in [2.75, 3.05) is 10.6 Å². The molecule has 1 heterocycles. The summed E-state index contributed by atoms with van der Waals surface area (Å²) in [4.78, 5) is 19.2. The molecule has 1 atom stereocenters. The summed E-state index contributed by atoms with van der Waals surface area (Å²) in [6.07, 6.45) is 1.54. The van der Waals surface area contributed by atoms with Crippen LogP contribution in [0.25, 0.3) is 0 Å². The predicted octanol–water partition coefficient (Wildman–Crippen LogP) is 2.48. The molecule has 0 aliphatic carbocycles. The summed E-state index contributed by atoms with van der Waals surface area (Å²) < 4.78 is 0. The smallest absolute Gasteiger partial charge is 0.224 e. The van der Waals surface area contributed by atoms with Gasteiger partial charge in [0.1, 0.15) is 11.8 Å². The lowest BCUT2D eigenvalue weighted by atomic mass is 10.1. The van der Waals surface area contributed by atoms with E-state index in [1.807, 2.05) is 37.3 Å². The van der Waals surface area contributed by atoms with E-state index >= 15 is 0 Å². The number of hydrogen-bond donors (Lipinski definition) is 2. The molecule has 1 amide bonds. The molecule has 0 bridgehead atoms. The van der Waals surface area contributed by atoms with Crippen molar-refractivity contribution in [2.24, 2.45) is 0 Å². The zero-order chi connectivity index (χ0) is 15.2. The van der Waals surface area contributed by atoms with Crippen LogP contribution < -0.4 is 10.6 Å². The Hall–Kier alpha value is -2.94. The zero-order valence-corrected chi connectivity index (χ0v) is 11.8. The molecule has 0 fully saturated rings. The van der Waals surface area contributed by atoms with Crippen molar-refractivity contribution in [3.05, 3.63) is 47.8 Å². The summed E-state index contributed by atoms with van der Waals surface area (Å²) >= 11 is 0. The number of nitrogens with zero attached hydrogens (tertiary/aromatic N) is 3. The molecule has 0 aliphatic heterocycles. The highest BCUT2D eigenvalue weighted by Gasteiger charge is 2.08. The number of nitriles is 1. The van der Waals surface area contributed by atoms with Gasteiger partial charge in [-0.3, -0.25) is 4.79 Å². The molecule has 2 rings (SSSR count). The maximum absolute atomic E-state index is 11.1. The highest BCUT2D eigenvalue weighted by Crippen LogP contribution is 2.20. The number of rotatable bonds is 4. The van der Waals surface area contributed by atoms with Gasteiger partial charge in [0.05, 0.1) is 6.04 Å². The van der Waals surface area contributed by atoms with Gasteiger partial charge in [0, 0.05) is 18.8 Å². The van der Waals surface area contributed by atoms with Crippen LogP contribution in [0, 0.1) is 11.3 Å². The van der Waals surface area contributed by atoms with Crippen LogP contribution in [0.5, 0.6) is 0 Å². The van der Waals surface area contributed by atoms with Crippen LogP contribution in [0.3, 0.4) is 0 Å². The molecule has 0 saturated carbocycles. The third-order valence-corrected chi connectivity index (χ3v) is 2.82. The fourth-order valence-corrected chi connectivity index (χ4v) is 1.86. The average molecular weight is 281 g/mol. The Balaban J connectivity index is 2.14. The van der Waals surface area contributed by atoms with E-state index in [9.17, 15) is 4.79 Å². The second-order valence-electron chi connectivity index (χ2n) is 4.55. The number of benzene rings is 1. The molecule has 6 nitrogen and oxygen atoms in total. The molecule has 1 aromatic carbocycles. The maximum Gasteiger partial charge on any atom is 0.224 e. The van der Waals surface area contributed by atoms with E-state index in [1.165, 1.54) is 13.1 Å². The van der Waals surface area contributed by atoms with Crippen LogP contribution in [0.4, 0.5) is 11.6 Å². The van der Waals surface area contributed by atoms with E-state index in [2.05, 4.69) is 20.6 Å².